The van der Waals surface area contributed by atoms with Crippen molar-refractivity contribution in [1.82, 2.24) is 15.1 Å². The van der Waals surface area contributed by atoms with Crippen LogP contribution in [0.2, 0.25) is 0 Å². The van der Waals surface area contributed by atoms with Crippen LogP contribution in [0.25, 0.3) is 5.69 Å². The Balaban J connectivity index is 1.72. The molecule has 1 aromatic carbocycles. The molecule has 0 saturated heterocycles. The van der Waals surface area contributed by atoms with Crippen molar-refractivity contribution in [3.8, 4) is 5.69 Å². The van der Waals surface area contributed by atoms with E-state index in [9.17, 15) is 9.59 Å². The molecule has 0 fully saturated rings. The molecule has 0 aliphatic heterocycles. The summed E-state index contributed by atoms with van der Waals surface area (Å²) >= 11 is 0. The van der Waals surface area contributed by atoms with E-state index in [1.165, 1.54) is 17.0 Å². The predicted molar refractivity (Wildman–Crippen MR) is 80.4 cm³/mol. The number of hydrogen-bond acceptors (Lipinski definition) is 4. The summed E-state index contributed by atoms with van der Waals surface area (Å²) in [6.45, 7) is 0.320. The fourth-order valence-electron chi connectivity index (χ4n) is 2.07. The second kappa shape index (κ2) is 6.18. The number of aromatic carboxylic acids is 1. The van der Waals surface area contributed by atoms with Crippen molar-refractivity contribution in [2.75, 3.05) is 0 Å². The molecule has 3 rings (SSSR count). The van der Waals surface area contributed by atoms with Gasteiger partial charge in [-0.05, 0) is 35.9 Å². The van der Waals surface area contributed by atoms with E-state index in [0.717, 1.165) is 5.56 Å². The number of hydrogen-bond donors (Lipinski definition) is 2. The highest BCUT2D eigenvalue weighted by molar-refractivity contribution is 5.91. The molecule has 0 aliphatic carbocycles. The average Bonchev–Trinajstić information content (AvgIpc) is 3.24. The number of nitrogens with zero attached hydrogens (tertiary/aromatic N) is 2. The van der Waals surface area contributed by atoms with Crippen LogP contribution in [0.1, 0.15) is 26.6 Å². The average molecular weight is 311 g/mol. The molecule has 23 heavy (non-hydrogen) atoms. The zero-order valence-corrected chi connectivity index (χ0v) is 12.0. The van der Waals surface area contributed by atoms with Gasteiger partial charge in [-0.3, -0.25) is 4.79 Å². The number of rotatable bonds is 5. The molecule has 7 nitrogen and oxygen atoms in total. The molecule has 116 valence electrons. The summed E-state index contributed by atoms with van der Waals surface area (Å²) in [7, 11) is 0. The first-order valence-electron chi connectivity index (χ1n) is 6.83. The number of nitrogens with one attached hydrogen (secondary N) is 1. The standard InChI is InChI=1S/C16H13N3O4/c20-15(14-5-2-8-23-14)17-10-11-3-1-4-12(9-11)19-7-6-13(18-19)16(21)22/h1-9H,10H2,(H,17,20)(H,21,22). The minimum Gasteiger partial charge on any atom is -0.476 e. The van der Waals surface area contributed by atoms with Crippen molar-refractivity contribution in [3.05, 3.63) is 71.9 Å². The van der Waals surface area contributed by atoms with Gasteiger partial charge in [0, 0.05) is 12.7 Å². The van der Waals surface area contributed by atoms with Crippen molar-refractivity contribution in [2.24, 2.45) is 0 Å². The number of aromatic nitrogens is 2. The predicted octanol–water partition coefficient (Wildman–Crippen LogP) is 2.09. The highest BCUT2D eigenvalue weighted by atomic mass is 16.4. The molecule has 0 unspecified atom stereocenters. The number of furan rings is 1. The van der Waals surface area contributed by atoms with E-state index in [1.54, 1.807) is 24.4 Å². The van der Waals surface area contributed by atoms with Crippen LogP contribution in [0.15, 0.2) is 59.3 Å². The van der Waals surface area contributed by atoms with Gasteiger partial charge >= 0.3 is 5.97 Å². The van der Waals surface area contributed by atoms with Crippen LogP contribution >= 0.6 is 0 Å². The number of amides is 1. The first-order valence-corrected chi connectivity index (χ1v) is 6.83. The van der Waals surface area contributed by atoms with Gasteiger partial charge in [-0.2, -0.15) is 5.10 Å². The maximum absolute atomic E-state index is 11.8. The second-order valence-electron chi connectivity index (χ2n) is 4.78. The van der Waals surface area contributed by atoms with Gasteiger partial charge in [-0.15, -0.1) is 0 Å². The molecule has 0 bridgehead atoms. The van der Waals surface area contributed by atoms with E-state index in [1.807, 2.05) is 18.2 Å². The maximum atomic E-state index is 11.8. The number of carboxylic acids is 1. The van der Waals surface area contributed by atoms with E-state index in [2.05, 4.69) is 10.4 Å². The quantitative estimate of drug-likeness (QED) is 0.752. The summed E-state index contributed by atoms with van der Waals surface area (Å²) in [5.41, 5.74) is 1.54. The van der Waals surface area contributed by atoms with Gasteiger partial charge in [-0.1, -0.05) is 12.1 Å². The number of carboxylic acid groups (broad SMARTS) is 1. The largest absolute Gasteiger partial charge is 0.476 e. The van der Waals surface area contributed by atoms with Crippen molar-refractivity contribution < 1.29 is 19.1 Å². The fraction of sp³-hybridized carbons (Fsp3) is 0.0625. The monoisotopic (exact) mass is 311 g/mol. The van der Waals surface area contributed by atoms with Crippen molar-refractivity contribution in [1.29, 1.82) is 0 Å². The molecule has 0 saturated carbocycles. The van der Waals surface area contributed by atoms with E-state index in [-0.39, 0.29) is 17.4 Å². The van der Waals surface area contributed by atoms with Crippen LogP contribution in [0.4, 0.5) is 0 Å². The lowest BCUT2D eigenvalue weighted by Gasteiger charge is -2.06. The third-order valence-corrected chi connectivity index (χ3v) is 3.18. The Bertz CT molecular complexity index is 837. The zero-order chi connectivity index (χ0) is 16.2. The first kappa shape index (κ1) is 14.6. The van der Waals surface area contributed by atoms with Gasteiger partial charge in [0.25, 0.3) is 5.91 Å². The Morgan fingerprint density at radius 3 is 2.78 bits per heavy atom. The molecule has 2 heterocycles. The first-order chi connectivity index (χ1) is 11.1. The van der Waals surface area contributed by atoms with Gasteiger partial charge in [-0.25, -0.2) is 9.48 Å². The molecule has 0 atom stereocenters. The molecule has 2 N–H and O–H groups in total. The molecule has 0 aliphatic rings. The lowest BCUT2D eigenvalue weighted by Crippen LogP contribution is -2.22. The van der Waals surface area contributed by atoms with Crippen LogP contribution in [-0.2, 0) is 6.54 Å². The van der Waals surface area contributed by atoms with Gasteiger partial charge in [0.1, 0.15) is 0 Å². The van der Waals surface area contributed by atoms with Gasteiger partial charge in [0.2, 0.25) is 0 Å². The topological polar surface area (TPSA) is 97.4 Å². The van der Waals surface area contributed by atoms with E-state index >= 15 is 0 Å². The molecule has 0 radical (unpaired) electrons. The Morgan fingerprint density at radius 1 is 1.22 bits per heavy atom. The number of benzene rings is 1. The molecular weight excluding hydrogens is 298 g/mol. The normalized spacial score (nSPS) is 10.4. The van der Waals surface area contributed by atoms with Crippen LogP contribution in [0.5, 0.6) is 0 Å². The third-order valence-electron chi connectivity index (χ3n) is 3.18. The lowest BCUT2D eigenvalue weighted by atomic mass is 10.2. The second-order valence-corrected chi connectivity index (χ2v) is 4.78. The Hall–Kier alpha value is -3.35. The summed E-state index contributed by atoms with van der Waals surface area (Å²) in [6, 6.07) is 11.9. The molecule has 1 amide bonds. The summed E-state index contributed by atoms with van der Waals surface area (Å²) in [5.74, 6) is -1.13. The lowest BCUT2D eigenvalue weighted by molar-refractivity contribution is 0.0689. The van der Waals surface area contributed by atoms with Crippen LogP contribution in [0.3, 0.4) is 0 Å². The molecule has 2 aromatic heterocycles. The highest BCUT2D eigenvalue weighted by Gasteiger charge is 2.09. The minimum absolute atomic E-state index is 0.0264. The van der Waals surface area contributed by atoms with Gasteiger partial charge < -0.3 is 14.8 Å². The summed E-state index contributed by atoms with van der Waals surface area (Å²) in [4.78, 5) is 22.7. The van der Waals surface area contributed by atoms with Gasteiger partial charge in [0.15, 0.2) is 11.5 Å². The molecule has 7 heteroatoms. The smallest absolute Gasteiger partial charge is 0.356 e. The van der Waals surface area contributed by atoms with Crippen LogP contribution in [-0.4, -0.2) is 26.8 Å². The molecular formula is C16H13N3O4. The third kappa shape index (κ3) is 3.29. The maximum Gasteiger partial charge on any atom is 0.356 e. The van der Waals surface area contributed by atoms with Gasteiger partial charge in [0.05, 0.1) is 12.0 Å². The number of carbonyl (C=O) groups is 2. The van der Waals surface area contributed by atoms with E-state index in [4.69, 9.17) is 9.52 Å². The van der Waals surface area contributed by atoms with E-state index in [0.29, 0.717) is 12.2 Å². The zero-order valence-electron chi connectivity index (χ0n) is 12.0. The van der Waals surface area contributed by atoms with Crippen LogP contribution in [0, 0.1) is 0 Å². The Kier molecular flexibility index (Phi) is 3.92. The Labute approximate surface area is 131 Å². The van der Waals surface area contributed by atoms with E-state index < -0.39 is 5.97 Å². The minimum atomic E-state index is -1.08. The SMILES string of the molecule is O=C(O)c1ccn(-c2cccc(CNC(=O)c3ccco3)c2)n1. The number of carbonyl (C=O) groups excluding carboxylic acids is 1. The molecule has 3 aromatic rings. The summed E-state index contributed by atoms with van der Waals surface area (Å²) in [6.07, 6.45) is 3.01. The highest BCUT2D eigenvalue weighted by Crippen LogP contribution is 2.11. The van der Waals surface area contributed by atoms with Crippen LogP contribution < -0.4 is 5.32 Å². The fourth-order valence-corrected chi connectivity index (χ4v) is 2.07. The van der Waals surface area contributed by atoms with Crippen molar-refractivity contribution in [2.45, 2.75) is 6.54 Å². The van der Waals surface area contributed by atoms with Crippen molar-refractivity contribution >= 4 is 11.9 Å². The summed E-state index contributed by atoms with van der Waals surface area (Å²) in [5, 5.41) is 15.6. The van der Waals surface area contributed by atoms with Crippen molar-refractivity contribution in [3.63, 3.8) is 0 Å². The molecule has 0 spiro atoms. The summed E-state index contributed by atoms with van der Waals surface area (Å²) < 4.78 is 6.49. The Morgan fingerprint density at radius 2 is 2.09 bits per heavy atom.